The van der Waals surface area contributed by atoms with Crippen LogP contribution in [0.25, 0.3) is 10.2 Å². The van der Waals surface area contributed by atoms with Crippen molar-refractivity contribution in [1.29, 1.82) is 0 Å². The monoisotopic (exact) mass is 478 g/mol. The Kier molecular flexibility index (Phi) is 7.06. The number of nitrogens with zero attached hydrogens (tertiary/aromatic N) is 2. The summed E-state index contributed by atoms with van der Waals surface area (Å²) in [6, 6.07) is 6.54. The molecular weight excluding hydrogens is 456 g/mol. The molecule has 0 unspecified atom stereocenters. The number of carbonyl (C=O) groups excluding carboxylic acids is 2. The molecule has 0 saturated heterocycles. The fourth-order valence-electron chi connectivity index (χ4n) is 2.88. The normalized spacial score (nSPS) is 12.5. The molecule has 3 rings (SSSR count). The summed E-state index contributed by atoms with van der Waals surface area (Å²) in [5, 5.41) is 0.539. The highest BCUT2D eigenvalue weighted by Gasteiger charge is 2.24. The van der Waals surface area contributed by atoms with Crippen molar-refractivity contribution in [3.8, 4) is 0 Å². The van der Waals surface area contributed by atoms with Gasteiger partial charge in [0.2, 0.25) is 10.0 Å². The lowest BCUT2D eigenvalue weighted by molar-refractivity contribution is -0.146. The molecule has 3 aromatic rings. The topological polar surface area (TPSA) is 151 Å². The van der Waals surface area contributed by atoms with E-state index in [-0.39, 0.29) is 29.8 Å². The summed E-state index contributed by atoms with van der Waals surface area (Å²) in [7, 11) is -3.88. The third-order valence-electron chi connectivity index (χ3n) is 4.41. The maximum atomic E-state index is 12.4. The van der Waals surface area contributed by atoms with E-state index in [0.29, 0.717) is 20.7 Å². The van der Waals surface area contributed by atoms with E-state index in [9.17, 15) is 18.0 Å². The minimum absolute atomic E-state index is 0.0340. The lowest BCUT2D eigenvalue weighted by Crippen LogP contribution is -2.39. The first kappa shape index (κ1) is 23.6. The summed E-state index contributed by atoms with van der Waals surface area (Å²) in [6.45, 7) is 4.73. The van der Waals surface area contributed by atoms with Gasteiger partial charge in [0, 0.05) is 0 Å². The Bertz CT molecular complexity index is 1260. The molecule has 0 aliphatic heterocycles. The second-order valence-corrected chi connectivity index (χ2v) is 9.46. The van der Waals surface area contributed by atoms with Crippen LogP contribution in [0.5, 0.6) is 0 Å². The number of rotatable bonds is 8. The molecule has 1 aromatic carbocycles. The van der Waals surface area contributed by atoms with Crippen LogP contribution in [0.4, 0.5) is 5.82 Å². The first-order chi connectivity index (χ1) is 15.1. The van der Waals surface area contributed by atoms with Crippen molar-refractivity contribution < 1.29 is 27.5 Å². The number of nitrogens with one attached hydrogen (secondary N) is 1. The van der Waals surface area contributed by atoms with Crippen LogP contribution in [0.3, 0.4) is 0 Å². The molecule has 0 spiro atoms. The Morgan fingerprint density at radius 1 is 1.19 bits per heavy atom. The van der Waals surface area contributed by atoms with E-state index in [1.807, 2.05) is 0 Å². The molecule has 0 fully saturated rings. The standard InChI is InChI=1S/C20H22N4O6S2/c1-4-29-20(26)16-11(2)15-17(21)22-14(23-18(15)31-16)10-30-19(25)12(3)24-32(27,28)13-8-6-5-7-9-13/h5-9,12,24H,4,10H2,1-3H3,(H2,21,22,23)/t12-/m0/s1. The van der Waals surface area contributed by atoms with Gasteiger partial charge < -0.3 is 15.2 Å². The van der Waals surface area contributed by atoms with Crippen molar-refractivity contribution in [3.63, 3.8) is 0 Å². The van der Waals surface area contributed by atoms with Gasteiger partial charge in [-0.15, -0.1) is 11.3 Å². The van der Waals surface area contributed by atoms with Crippen LogP contribution in [-0.2, 0) is 30.9 Å². The van der Waals surface area contributed by atoms with Gasteiger partial charge in [0.1, 0.15) is 21.6 Å². The molecule has 0 amide bonds. The van der Waals surface area contributed by atoms with Gasteiger partial charge in [-0.25, -0.2) is 23.2 Å². The fourth-order valence-corrected chi connectivity index (χ4v) is 5.20. The highest BCUT2D eigenvalue weighted by atomic mass is 32.2. The molecule has 10 nitrogen and oxygen atoms in total. The molecule has 32 heavy (non-hydrogen) atoms. The summed E-state index contributed by atoms with van der Waals surface area (Å²) < 4.78 is 37.2. The Balaban J connectivity index is 1.71. The summed E-state index contributed by atoms with van der Waals surface area (Å²) in [5.41, 5.74) is 6.65. The van der Waals surface area contributed by atoms with E-state index in [1.165, 1.54) is 19.1 Å². The number of anilines is 1. The smallest absolute Gasteiger partial charge is 0.348 e. The molecule has 12 heteroatoms. The van der Waals surface area contributed by atoms with Crippen molar-refractivity contribution in [2.24, 2.45) is 0 Å². The predicted octanol–water partition coefficient (Wildman–Crippen LogP) is 2.17. The zero-order valence-corrected chi connectivity index (χ0v) is 19.2. The molecule has 0 aliphatic carbocycles. The van der Waals surface area contributed by atoms with Crippen molar-refractivity contribution >= 4 is 49.3 Å². The SMILES string of the molecule is CCOC(=O)c1sc2nc(COC(=O)[C@H](C)NS(=O)(=O)c3ccccc3)nc(N)c2c1C. The Hall–Kier alpha value is -3.09. The number of aromatic nitrogens is 2. The third-order valence-corrected chi connectivity index (χ3v) is 7.13. The second kappa shape index (κ2) is 9.59. The van der Waals surface area contributed by atoms with Gasteiger partial charge in [-0.2, -0.15) is 4.72 Å². The fraction of sp³-hybridized carbons (Fsp3) is 0.300. The highest BCUT2D eigenvalue weighted by molar-refractivity contribution is 7.89. The number of hydrogen-bond acceptors (Lipinski definition) is 10. The molecule has 0 aliphatic rings. The third kappa shape index (κ3) is 5.03. The lowest BCUT2D eigenvalue weighted by Gasteiger charge is -2.13. The van der Waals surface area contributed by atoms with Crippen LogP contribution in [-0.4, -0.2) is 43.0 Å². The zero-order chi connectivity index (χ0) is 23.5. The summed E-state index contributed by atoms with van der Waals surface area (Å²) in [5.74, 6) is -1.01. The Morgan fingerprint density at radius 3 is 2.53 bits per heavy atom. The van der Waals surface area contributed by atoms with Crippen LogP contribution in [0.15, 0.2) is 35.2 Å². The molecule has 0 radical (unpaired) electrons. The van der Waals surface area contributed by atoms with Gasteiger partial charge in [0.25, 0.3) is 0 Å². The van der Waals surface area contributed by atoms with Crippen LogP contribution < -0.4 is 10.5 Å². The minimum atomic E-state index is -3.88. The van der Waals surface area contributed by atoms with E-state index < -0.39 is 28.0 Å². The van der Waals surface area contributed by atoms with Crippen LogP contribution in [0, 0.1) is 6.92 Å². The number of fused-ring (bicyclic) bond motifs is 1. The number of esters is 2. The van der Waals surface area contributed by atoms with Gasteiger partial charge in [-0.3, -0.25) is 4.79 Å². The average Bonchev–Trinajstić information content (AvgIpc) is 3.09. The van der Waals surface area contributed by atoms with E-state index in [0.717, 1.165) is 11.3 Å². The van der Waals surface area contributed by atoms with Crippen LogP contribution in [0.1, 0.15) is 34.9 Å². The molecule has 170 valence electrons. The van der Waals surface area contributed by atoms with Crippen molar-refractivity contribution in [2.75, 3.05) is 12.3 Å². The van der Waals surface area contributed by atoms with Gasteiger partial charge in [-0.05, 0) is 38.5 Å². The van der Waals surface area contributed by atoms with Crippen molar-refractivity contribution in [3.05, 3.63) is 46.6 Å². The number of hydrogen-bond donors (Lipinski definition) is 2. The maximum Gasteiger partial charge on any atom is 0.348 e. The number of aryl methyl sites for hydroxylation is 1. The largest absolute Gasteiger partial charge is 0.462 e. The average molecular weight is 479 g/mol. The number of nitrogen functional groups attached to an aromatic ring is 1. The van der Waals surface area contributed by atoms with Crippen LogP contribution in [0.2, 0.25) is 0 Å². The molecule has 2 aromatic heterocycles. The van der Waals surface area contributed by atoms with Crippen molar-refractivity contribution in [1.82, 2.24) is 14.7 Å². The summed E-state index contributed by atoms with van der Waals surface area (Å²) in [4.78, 5) is 33.7. The quantitative estimate of drug-likeness (QED) is 0.464. The highest BCUT2D eigenvalue weighted by Crippen LogP contribution is 2.33. The van der Waals surface area contributed by atoms with E-state index in [1.54, 1.807) is 32.0 Å². The molecule has 3 N–H and O–H groups in total. The van der Waals surface area contributed by atoms with Crippen LogP contribution >= 0.6 is 11.3 Å². The number of carbonyl (C=O) groups is 2. The summed E-state index contributed by atoms with van der Waals surface area (Å²) >= 11 is 1.11. The first-order valence-electron chi connectivity index (χ1n) is 9.60. The van der Waals surface area contributed by atoms with Gasteiger partial charge in [-0.1, -0.05) is 18.2 Å². The maximum absolute atomic E-state index is 12.4. The molecule has 2 heterocycles. The van der Waals surface area contributed by atoms with Gasteiger partial charge in [0.15, 0.2) is 12.4 Å². The second-order valence-electron chi connectivity index (χ2n) is 6.75. The molecule has 0 bridgehead atoms. The number of thiophene rings is 1. The summed E-state index contributed by atoms with van der Waals surface area (Å²) in [6.07, 6.45) is 0. The minimum Gasteiger partial charge on any atom is -0.462 e. The van der Waals surface area contributed by atoms with E-state index in [4.69, 9.17) is 15.2 Å². The number of ether oxygens (including phenoxy) is 2. The number of sulfonamides is 1. The predicted molar refractivity (Wildman–Crippen MR) is 119 cm³/mol. The molecule has 0 saturated carbocycles. The molecular formula is C20H22N4O6S2. The van der Waals surface area contributed by atoms with Crippen molar-refractivity contribution in [2.45, 2.75) is 38.3 Å². The lowest BCUT2D eigenvalue weighted by atomic mass is 10.2. The van der Waals surface area contributed by atoms with Gasteiger partial charge in [0.05, 0.1) is 16.9 Å². The Morgan fingerprint density at radius 2 is 1.88 bits per heavy atom. The van der Waals surface area contributed by atoms with Gasteiger partial charge >= 0.3 is 11.9 Å². The molecule has 1 atom stereocenters. The number of benzene rings is 1. The van der Waals surface area contributed by atoms with E-state index in [2.05, 4.69) is 14.7 Å². The van der Waals surface area contributed by atoms with E-state index >= 15 is 0 Å². The zero-order valence-electron chi connectivity index (χ0n) is 17.6. The first-order valence-corrected chi connectivity index (χ1v) is 11.9. The Labute approximate surface area is 188 Å². The number of nitrogens with two attached hydrogens (primary N) is 1.